The minimum Gasteiger partial charge on any atom is -0.493 e. The van der Waals surface area contributed by atoms with Crippen LogP contribution in [0.5, 0.6) is 5.75 Å². The van der Waals surface area contributed by atoms with E-state index in [1.165, 1.54) is 0 Å². The van der Waals surface area contributed by atoms with Gasteiger partial charge in [-0.1, -0.05) is 51.3 Å². The van der Waals surface area contributed by atoms with Crippen molar-refractivity contribution in [2.45, 2.75) is 52.5 Å². The number of benzene rings is 1. The van der Waals surface area contributed by atoms with Crippen molar-refractivity contribution in [3.8, 4) is 5.75 Å². The Morgan fingerprint density at radius 2 is 1.84 bits per heavy atom. The zero-order chi connectivity index (χ0) is 14.3. The molecule has 0 bridgehead atoms. The molecule has 0 aliphatic carbocycles. The molecule has 1 aromatic rings. The molecule has 0 fully saturated rings. The molecule has 1 atom stereocenters. The maximum Gasteiger partial charge on any atom is 0.124 e. The molecule has 0 saturated carbocycles. The molecule has 0 heterocycles. The van der Waals surface area contributed by atoms with Crippen LogP contribution in [0.15, 0.2) is 18.2 Å². The van der Waals surface area contributed by atoms with E-state index in [2.05, 4.69) is 20.8 Å². The van der Waals surface area contributed by atoms with Gasteiger partial charge in [0.2, 0.25) is 0 Å². The second-order valence-corrected chi connectivity index (χ2v) is 5.49. The number of rotatable bonds is 8. The molecule has 0 spiro atoms. The molecule has 3 heteroatoms. The summed E-state index contributed by atoms with van der Waals surface area (Å²) in [4.78, 5) is 0. The maximum absolute atomic E-state index is 6.28. The van der Waals surface area contributed by atoms with Gasteiger partial charge in [-0.15, -0.1) is 0 Å². The van der Waals surface area contributed by atoms with Gasteiger partial charge in [-0.25, -0.2) is 0 Å². The Kier molecular flexibility index (Phi) is 7.25. The van der Waals surface area contributed by atoms with E-state index in [1.807, 2.05) is 18.2 Å². The number of halogens is 1. The third-order valence-corrected chi connectivity index (χ3v) is 4.05. The van der Waals surface area contributed by atoms with Crippen LogP contribution in [0.1, 0.15) is 45.6 Å². The predicted molar refractivity (Wildman–Crippen MR) is 83.0 cm³/mol. The highest BCUT2D eigenvalue weighted by Crippen LogP contribution is 2.28. The second-order valence-electron chi connectivity index (χ2n) is 5.08. The first-order valence-electron chi connectivity index (χ1n) is 7.28. The first kappa shape index (κ1) is 16.3. The maximum atomic E-state index is 6.28. The van der Waals surface area contributed by atoms with Gasteiger partial charge in [0.05, 0.1) is 6.61 Å². The Balaban J connectivity index is 2.79. The summed E-state index contributed by atoms with van der Waals surface area (Å²) in [6.07, 6.45) is 3.99. The van der Waals surface area contributed by atoms with Crippen LogP contribution in [0.25, 0.3) is 0 Å². The average molecular weight is 284 g/mol. The summed E-state index contributed by atoms with van der Waals surface area (Å²) >= 11 is 6.28. The average Bonchev–Trinajstić information content (AvgIpc) is 2.43. The van der Waals surface area contributed by atoms with Gasteiger partial charge in [0, 0.05) is 16.6 Å². The van der Waals surface area contributed by atoms with Gasteiger partial charge in [0.1, 0.15) is 5.75 Å². The minimum atomic E-state index is 0.135. The lowest BCUT2D eigenvalue weighted by molar-refractivity contribution is 0.238. The number of hydrogen-bond acceptors (Lipinski definition) is 2. The van der Waals surface area contributed by atoms with Crippen LogP contribution >= 0.6 is 11.6 Å². The highest BCUT2D eigenvalue weighted by molar-refractivity contribution is 6.31. The quantitative estimate of drug-likeness (QED) is 0.766. The Labute approximate surface area is 122 Å². The smallest absolute Gasteiger partial charge is 0.124 e. The molecule has 108 valence electrons. The van der Waals surface area contributed by atoms with Gasteiger partial charge in [-0.2, -0.15) is 0 Å². The van der Waals surface area contributed by atoms with E-state index >= 15 is 0 Å². The van der Waals surface area contributed by atoms with Crippen molar-refractivity contribution < 1.29 is 4.74 Å². The molecule has 2 nitrogen and oxygen atoms in total. The van der Waals surface area contributed by atoms with Gasteiger partial charge < -0.3 is 10.5 Å². The molecule has 1 unspecified atom stereocenters. The standard InChI is InChI=1S/C16H26ClNO/c1-4-12(5-2)11-19-16-9-7-8-15(17)14(16)10-13(18)6-3/h7-9,12-13H,4-6,10-11,18H2,1-3H3. The van der Waals surface area contributed by atoms with E-state index in [0.29, 0.717) is 5.92 Å². The Bertz CT molecular complexity index is 377. The lowest BCUT2D eigenvalue weighted by Crippen LogP contribution is -2.22. The summed E-state index contributed by atoms with van der Waals surface area (Å²) in [6.45, 7) is 7.24. The lowest BCUT2D eigenvalue weighted by Gasteiger charge is -2.18. The fourth-order valence-corrected chi connectivity index (χ4v) is 2.25. The van der Waals surface area contributed by atoms with Crippen molar-refractivity contribution in [3.05, 3.63) is 28.8 Å². The van der Waals surface area contributed by atoms with Crippen LogP contribution < -0.4 is 10.5 Å². The van der Waals surface area contributed by atoms with Crippen molar-refractivity contribution in [1.82, 2.24) is 0 Å². The summed E-state index contributed by atoms with van der Waals surface area (Å²) in [7, 11) is 0. The first-order chi connectivity index (χ1) is 9.12. The third-order valence-electron chi connectivity index (χ3n) is 3.70. The Morgan fingerprint density at radius 3 is 2.42 bits per heavy atom. The molecular weight excluding hydrogens is 258 g/mol. The number of hydrogen-bond donors (Lipinski definition) is 1. The zero-order valence-corrected chi connectivity index (χ0v) is 13.0. The number of nitrogens with two attached hydrogens (primary N) is 1. The van der Waals surface area contributed by atoms with Crippen LogP contribution in [0.2, 0.25) is 5.02 Å². The molecule has 0 aliphatic rings. The van der Waals surface area contributed by atoms with Crippen LogP contribution in [-0.4, -0.2) is 12.6 Å². The highest BCUT2D eigenvalue weighted by Gasteiger charge is 2.13. The molecule has 1 rings (SSSR count). The second kappa shape index (κ2) is 8.44. The molecule has 0 saturated heterocycles. The lowest BCUT2D eigenvalue weighted by atomic mass is 10.0. The van der Waals surface area contributed by atoms with Gasteiger partial charge in [0.25, 0.3) is 0 Å². The fourth-order valence-electron chi connectivity index (χ4n) is 2.01. The molecule has 0 radical (unpaired) electrons. The zero-order valence-electron chi connectivity index (χ0n) is 12.3. The van der Waals surface area contributed by atoms with Crippen LogP contribution in [-0.2, 0) is 6.42 Å². The third kappa shape index (κ3) is 5.04. The summed E-state index contributed by atoms with van der Waals surface area (Å²) in [5, 5.41) is 0.756. The molecule has 0 aromatic heterocycles. The highest BCUT2D eigenvalue weighted by atomic mass is 35.5. The summed E-state index contributed by atoms with van der Waals surface area (Å²) < 4.78 is 5.97. The minimum absolute atomic E-state index is 0.135. The molecule has 0 amide bonds. The van der Waals surface area contributed by atoms with E-state index in [-0.39, 0.29) is 6.04 Å². The molecular formula is C16H26ClNO. The van der Waals surface area contributed by atoms with Crippen molar-refractivity contribution >= 4 is 11.6 Å². The largest absolute Gasteiger partial charge is 0.493 e. The van der Waals surface area contributed by atoms with Gasteiger partial charge in [-0.3, -0.25) is 0 Å². The van der Waals surface area contributed by atoms with E-state index in [0.717, 1.165) is 48.6 Å². The van der Waals surface area contributed by atoms with Crippen molar-refractivity contribution in [3.63, 3.8) is 0 Å². The Hall–Kier alpha value is -0.730. The van der Waals surface area contributed by atoms with Crippen LogP contribution in [0.3, 0.4) is 0 Å². The van der Waals surface area contributed by atoms with E-state index in [1.54, 1.807) is 0 Å². The molecule has 2 N–H and O–H groups in total. The van der Waals surface area contributed by atoms with Gasteiger partial charge >= 0.3 is 0 Å². The first-order valence-corrected chi connectivity index (χ1v) is 7.65. The van der Waals surface area contributed by atoms with Crippen molar-refractivity contribution in [1.29, 1.82) is 0 Å². The normalized spacial score (nSPS) is 12.7. The SMILES string of the molecule is CCC(N)Cc1c(Cl)cccc1OCC(CC)CC. The Morgan fingerprint density at radius 1 is 1.16 bits per heavy atom. The van der Waals surface area contributed by atoms with Gasteiger partial charge in [-0.05, 0) is 30.9 Å². The fraction of sp³-hybridized carbons (Fsp3) is 0.625. The van der Waals surface area contributed by atoms with Crippen LogP contribution in [0, 0.1) is 5.92 Å². The molecule has 1 aromatic carbocycles. The monoisotopic (exact) mass is 283 g/mol. The number of ether oxygens (including phenoxy) is 1. The van der Waals surface area contributed by atoms with Crippen molar-refractivity contribution in [2.75, 3.05) is 6.61 Å². The van der Waals surface area contributed by atoms with E-state index < -0.39 is 0 Å². The van der Waals surface area contributed by atoms with Crippen molar-refractivity contribution in [2.24, 2.45) is 11.7 Å². The summed E-state index contributed by atoms with van der Waals surface area (Å²) in [5.74, 6) is 1.50. The topological polar surface area (TPSA) is 35.2 Å². The predicted octanol–water partition coefficient (Wildman–Crippen LogP) is 4.43. The molecule has 19 heavy (non-hydrogen) atoms. The summed E-state index contributed by atoms with van der Waals surface area (Å²) in [6, 6.07) is 5.97. The summed E-state index contributed by atoms with van der Waals surface area (Å²) in [5.41, 5.74) is 7.08. The van der Waals surface area contributed by atoms with Crippen LogP contribution in [0.4, 0.5) is 0 Å². The molecule has 0 aliphatic heterocycles. The van der Waals surface area contributed by atoms with Gasteiger partial charge in [0.15, 0.2) is 0 Å². The van der Waals surface area contributed by atoms with E-state index in [9.17, 15) is 0 Å². The van der Waals surface area contributed by atoms with E-state index in [4.69, 9.17) is 22.1 Å².